The lowest BCUT2D eigenvalue weighted by Crippen LogP contribution is -2.37. The van der Waals surface area contributed by atoms with Crippen molar-refractivity contribution >= 4 is 10.0 Å². The van der Waals surface area contributed by atoms with Crippen LogP contribution in [0.25, 0.3) is 0 Å². The van der Waals surface area contributed by atoms with E-state index in [9.17, 15) is 8.42 Å². The van der Waals surface area contributed by atoms with E-state index in [0.717, 1.165) is 5.56 Å². The number of hydrogen-bond acceptors (Lipinski definition) is 4. The average molecular weight is 319 g/mol. The molecule has 1 aliphatic rings. The minimum atomic E-state index is -3.71. The van der Waals surface area contributed by atoms with Crippen molar-refractivity contribution in [2.75, 3.05) is 6.61 Å². The minimum Gasteiger partial charge on any atom is -0.465 e. The third-order valence-electron chi connectivity index (χ3n) is 3.64. The molecule has 22 heavy (non-hydrogen) atoms. The number of nitrogens with zero attached hydrogens (tertiary/aromatic N) is 1. The first-order valence-electron chi connectivity index (χ1n) is 6.92. The summed E-state index contributed by atoms with van der Waals surface area (Å²) in [5.41, 5.74) is 1.000. The molecule has 2 unspecified atom stereocenters. The lowest BCUT2D eigenvalue weighted by molar-refractivity contribution is 0.0495. The van der Waals surface area contributed by atoms with E-state index in [-0.39, 0.29) is 11.5 Å². The summed E-state index contributed by atoms with van der Waals surface area (Å²) in [6.45, 7) is 5.87. The Balaban J connectivity index is 2.04. The molecule has 116 valence electrons. The molecule has 1 aromatic heterocycles. The van der Waals surface area contributed by atoms with Crippen LogP contribution in [0.2, 0.25) is 0 Å². The molecule has 0 radical (unpaired) electrons. The smallest absolute Gasteiger partial charge is 0.246 e. The largest absolute Gasteiger partial charge is 0.465 e. The van der Waals surface area contributed by atoms with Gasteiger partial charge in [-0.15, -0.1) is 6.58 Å². The summed E-state index contributed by atoms with van der Waals surface area (Å²) in [6.07, 6.45) is 2.30. The van der Waals surface area contributed by atoms with Gasteiger partial charge in [0, 0.05) is 0 Å². The van der Waals surface area contributed by atoms with Crippen molar-refractivity contribution in [2.45, 2.75) is 24.1 Å². The van der Waals surface area contributed by atoms with Crippen molar-refractivity contribution in [3.63, 3.8) is 0 Å². The van der Waals surface area contributed by atoms with E-state index in [1.165, 1.54) is 10.6 Å². The van der Waals surface area contributed by atoms with Gasteiger partial charge in [0.25, 0.3) is 0 Å². The highest BCUT2D eigenvalue weighted by molar-refractivity contribution is 7.89. The van der Waals surface area contributed by atoms with Crippen LogP contribution in [0.5, 0.6) is 0 Å². The molecule has 2 aromatic rings. The normalized spacial score (nSPS) is 22.8. The quantitative estimate of drug-likeness (QED) is 0.813. The van der Waals surface area contributed by atoms with Gasteiger partial charge < -0.3 is 9.15 Å². The van der Waals surface area contributed by atoms with Crippen molar-refractivity contribution in [3.05, 3.63) is 66.6 Å². The summed E-state index contributed by atoms with van der Waals surface area (Å²) in [5, 5.41) is 0. The van der Waals surface area contributed by atoms with Crippen molar-refractivity contribution in [2.24, 2.45) is 0 Å². The van der Waals surface area contributed by atoms with Gasteiger partial charge in [-0.25, -0.2) is 8.42 Å². The highest BCUT2D eigenvalue weighted by Crippen LogP contribution is 2.36. The zero-order valence-corrected chi connectivity index (χ0v) is 13.0. The van der Waals surface area contributed by atoms with Crippen LogP contribution in [0.1, 0.15) is 17.6 Å². The van der Waals surface area contributed by atoms with Gasteiger partial charge in [0.15, 0.2) is 6.23 Å². The highest BCUT2D eigenvalue weighted by Gasteiger charge is 2.44. The highest BCUT2D eigenvalue weighted by atomic mass is 32.2. The molecule has 2 atom stereocenters. The number of rotatable bonds is 4. The second kappa shape index (κ2) is 5.72. The fourth-order valence-corrected chi connectivity index (χ4v) is 4.10. The second-order valence-electron chi connectivity index (χ2n) is 5.15. The van der Waals surface area contributed by atoms with Crippen molar-refractivity contribution in [1.82, 2.24) is 4.31 Å². The number of aryl methyl sites for hydroxylation is 1. The Bertz CT molecular complexity index is 750. The lowest BCUT2D eigenvalue weighted by atomic mass is 10.2. The molecule has 1 aliphatic heterocycles. The van der Waals surface area contributed by atoms with Gasteiger partial charge >= 0.3 is 0 Å². The summed E-state index contributed by atoms with van der Waals surface area (Å²) in [6, 6.07) is 9.72. The van der Waals surface area contributed by atoms with Crippen LogP contribution in [-0.2, 0) is 14.8 Å². The van der Waals surface area contributed by atoms with Gasteiger partial charge in [-0.1, -0.05) is 23.8 Å². The summed E-state index contributed by atoms with van der Waals surface area (Å²) >= 11 is 0. The average Bonchev–Trinajstić information content (AvgIpc) is 3.16. The standard InChI is InChI=1S/C16H17NO4S/c1-3-13-11-21-16(15-5-4-10-20-15)17(13)22(18,19)14-8-6-12(2)7-9-14/h3-10,13,16H,1,11H2,2H3. The Morgan fingerprint density at radius 1 is 1.27 bits per heavy atom. The monoisotopic (exact) mass is 319 g/mol. The number of hydrogen-bond donors (Lipinski definition) is 0. The van der Waals surface area contributed by atoms with Crippen LogP contribution in [-0.4, -0.2) is 25.4 Å². The van der Waals surface area contributed by atoms with E-state index < -0.39 is 22.3 Å². The van der Waals surface area contributed by atoms with Crippen LogP contribution < -0.4 is 0 Å². The maximum atomic E-state index is 13.0. The fraction of sp³-hybridized carbons (Fsp3) is 0.250. The molecule has 5 nitrogen and oxygen atoms in total. The van der Waals surface area contributed by atoms with Crippen LogP contribution in [0.4, 0.5) is 0 Å². The van der Waals surface area contributed by atoms with E-state index in [1.54, 1.807) is 42.5 Å². The van der Waals surface area contributed by atoms with Crippen molar-refractivity contribution in [1.29, 1.82) is 0 Å². The van der Waals surface area contributed by atoms with Crippen LogP contribution in [0, 0.1) is 6.92 Å². The fourth-order valence-electron chi connectivity index (χ4n) is 2.46. The second-order valence-corrected chi connectivity index (χ2v) is 7.00. The Hall–Kier alpha value is -1.89. The van der Waals surface area contributed by atoms with Crippen LogP contribution in [0.3, 0.4) is 0 Å². The molecule has 2 heterocycles. The SMILES string of the molecule is C=CC1COC(c2ccco2)N1S(=O)(=O)c1ccc(C)cc1. The van der Waals surface area contributed by atoms with Gasteiger partial charge in [0.1, 0.15) is 5.76 Å². The van der Waals surface area contributed by atoms with Gasteiger partial charge in [-0.2, -0.15) is 4.31 Å². The van der Waals surface area contributed by atoms with Gasteiger partial charge in [0.2, 0.25) is 10.0 Å². The summed E-state index contributed by atoms with van der Waals surface area (Å²) < 4.78 is 38.2. The Morgan fingerprint density at radius 2 is 2.00 bits per heavy atom. The molecule has 0 bridgehead atoms. The Kier molecular flexibility index (Phi) is 3.90. The molecule has 0 aliphatic carbocycles. The van der Waals surface area contributed by atoms with Gasteiger partial charge in [-0.05, 0) is 31.2 Å². The van der Waals surface area contributed by atoms with E-state index >= 15 is 0 Å². The molecule has 1 saturated heterocycles. The maximum Gasteiger partial charge on any atom is 0.246 e. The maximum absolute atomic E-state index is 13.0. The van der Waals surface area contributed by atoms with E-state index in [2.05, 4.69) is 6.58 Å². The molecular formula is C16H17NO4S. The van der Waals surface area contributed by atoms with Gasteiger partial charge in [-0.3, -0.25) is 0 Å². The number of ether oxygens (including phenoxy) is 1. The third-order valence-corrected chi connectivity index (χ3v) is 5.52. The number of sulfonamides is 1. The Morgan fingerprint density at radius 3 is 2.59 bits per heavy atom. The molecule has 6 heteroatoms. The molecule has 0 saturated carbocycles. The molecular weight excluding hydrogens is 302 g/mol. The zero-order chi connectivity index (χ0) is 15.7. The zero-order valence-electron chi connectivity index (χ0n) is 12.2. The molecule has 0 N–H and O–H groups in total. The Labute approximate surface area is 129 Å². The molecule has 1 fully saturated rings. The van der Waals surface area contributed by atoms with E-state index in [4.69, 9.17) is 9.15 Å². The first-order valence-corrected chi connectivity index (χ1v) is 8.36. The molecule has 1 aromatic carbocycles. The molecule has 3 rings (SSSR count). The third kappa shape index (κ3) is 2.49. The van der Waals surface area contributed by atoms with Crippen LogP contribution >= 0.6 is 0 Å². The molecule has 0 amide bonds. The van der Waals surface area contributed by atoms with Crippen molar-refractivity contribution < 1.29 is 17.6 Å². The number of benzene rings is 1. The van der Waals surface area contributed by atoms with E-state index in [1.807, 2.05) is 6.92 Å². The topological polar surface area (TPSA) is 59.8 Å². The first-order chi connectivity index (χ1) is 10.5. The van der Waals surface area contributed by atoms with Crippen molar-refractivity contribution in [3.8, 4) is 0 Å². The lowest BCUT2D eigenvalue weighted by Gasteiger charge is -2.24. The predicted octanol–water partition coefficient (Wildman–Crippen LogP) is 2.86. The summed E-state index contributed by atoms with van der Waals surface area (Å²) in [7, 11) is -3.71. The summed E-state index contributed by atoms with van der Waals surface area (Å²) in [5.74, 6) is 0.458. The summed E-state index contributed by atoms with van der Waals surface area (Å²) in [4.78, 5) is 0.229. The van der Waals surface area contributed by atoms with Gasteiger partial charge in [0.05, 0.1) is 23.8 Å². The minimum absolute atomic E-state index is 0.229. The first kappa shape index (κ1) is 15.0. The molecule has 0 spiro atoms. The number of furan rings is 1. The predicted molar refractivity (Wildman–Crippen MR) is 81.6 cm³/mol. The van der Waals surface area contributed by atoms with Crippen LogP contribution in [0.15, 0.2) is 64.6 Å². The van der Waals surface area contributed by atoms with E-state index in [0.29, 0.717) is 5.76 Å².